The molecule has 0 radical (unpaired) electrons. The summed E-state index contributed by atoms with van der Waals surface area (Å²) < 4.78 is 9.53. The number of rotatable bonds is 10. The quantitative estimate of drug-likeness (QED) is 0.216. The van der Waals surface area contributed by atoms with E-state index in [0.717, 1.165) is 0 Å². The monoisotopic (exact) mass is 608 g/mol. The van der Waals surface area contributed by atoms with E-state index in [4.69, 9.17) is 0 Å². The molecule has 6 heteroatoms. The zero-order chi connectivity index (χ0) is 23.0. The van der Waals surface area contributed by atoms with E-state index < -0.39 is 33.5 Å². The van der Waals surface area contributed by atoms with Crippen molar-refractivity contribution in [3.8, 4) is 0 Å². The number of unbranched alkanes of at least 4 members (excludes halogenated alkanes) is 2. The fourth-order valence-electron chi connectivity index (χ4n) is 5.23. The second-order valence-corrected chi connectivity index (χ2v) is 52.1. The van der Waals surface area contributed by atoms with Crippen molar-refractivity contribution < 1.29 is 17.4 Å². The SMILES string of the molecule is CCCCC1=[C]([Zr]([CH3])([CH3])(=[SiH2])[C]2=C(CCCC)C=C([Si](C)(C)C)C2)CC([Si](C)(C)C)=C1.Cl.Cl. The van der Waals surface area contributed by atoms with Gasteiger partial charge in [-0.25, -0.2) is 0 Å². The fourth-order valence-corrected chi connectivity index (χ4v) is 23.5. The first-order valence-electron chi connectivity index (χ1n) is 12.5. The van der Waals surface area contributed by atoms with Crippen LogP contribution in [0.5, 0.6) is 0 Å². The summed E-state index contributed by atoms with van der Waals surface area (Å²) in [5.41, 5.74) is 3.56. The summed E-state index contributed by atoms with van der Waals surface area (Å²) >= 11 is -3.18. The molecule has 32 heavy (non-hydrogen) atoms. The molecule has 0 aromatic carbocycles. The molecule has 0 aromatic heterocycles. The molecule has 0 atom stereocenters. The van der Waals surface area contributed by atoms with Gasteiger partial charge in [-0.15, -0.1) is 24.8 Å². The Bertz CT molecular complexity index is 806. The van der Waals surface area contributed by atoms with E-state index in [9.17, 15) is 0 Å². The van der Waals surface area contributed by atoms with Crippen LogP contribution >= 0.6 is 24.8 Å². The molecular weight excluding hydrogens is 559 g/mol. The zero-order valence-electron chi connectivity index (χ0n) is 22.8. The van der Waals surface area contributed by atoms with Gasteiger partial charge in [0.1, 0.15) is 0 Å². The Morgan fingerprint density at radius 2 is 1.03 bits per heavy atom. The smallest absolute Gasteiger partial charge is 0.147 e. The van der Waals surface area contributed by atoms with Crippen molar-refractivity contribution in [2.75, 3.05) is 0 Å². The molecule has 0 spiro atoms. The topological polar surface area (TPSA) is 0 Å². The van der Waals surface area contributed by atoms with Gasteiger partial charge in [-0.2, -0.15) is 0 Å². The van der Waals surface area contributed by atoms with Gasteiger partial charge in [-0.1, -0.05) is 0 Å². The van der Waals surface area contributed by atoms with Crippen LogP contribution in [0.4, 0.5) is 0 Å². The van der Waals surface area contributed by atoms with Crippen LogP contribution in [0.1, 0.15) is 65.2 Å². The molecule has 0 heterocycles. The Morgan fingerprint density at radius 3 is 1.28 bits per heavy atom. The third-order valence-corrected chi connectivity index (χ3v) is 29.2. The number of halogens is 2. The van der Waals surface area contributed by atoms with Gasteiger partial charge in [0, 0.05) is 0 Å². The Labute approximate surface area is 217 Å². The van der Waals surface area contributed by atoms with E-state index in [1.807, 2.05) is 17.0 Å². The Morgan fingerprint density at radius 1 is 0.719 bits per heavy atom. The van der Waals surface area contributed by atoms with Gasteiger partial charge in [0.2, 0.25) is 0 Å². The van der Waals surface area contributed by atoms with Crippen LogP contribution in [-0.4, -0.2) is 23.0 Å². The average molecular weight is 611 g/mol. The molecule has 0 N–H and O–H groups in total. The van der Waals surface area contributed by atoms with Gasteiger partial charge >= 0.3 is 194 Å². The van der Waals surface area contributed by atoms with Gasteiger partial charge in [0.25, 0.3) is 0 Å². The van der Waals surface area contributed by atoms with Gasteiger partial charge in [-0.3, -0.25) is 0 Å². The van der Waals surface area contributed by atoms with Crippen molar-refractivity contribution in [2.45, 2.75) is 114 Å². The molecule has 0 aliphatic heterocycles. The van der Waals surface area contributed by atoms with Crippen LogP contribution in [0.15, 0.2) is 40.3 Å². The van der Waals surface area contributed by atoms with E-state index in [-0.39, 0.29) is 24.8 Å². The van der Waals surface area contributed by atoms with E-state index in [1.165, 1.54) is 51.4 Å². The fraction of sp³-hybridized carbons (Fsp3) is 0.692. The van der Waals surface area contributed by atoms with Crippen LogP contribution in [-0.2, 0) is 17.4 Å². The molecule has 0 amide bonds. The summed E-state index contributed by atoms with van der Waals surface area (Å²) in [6.45, 7) is 22.5. The Hall–Kier alpha value is 1.07. The Kier molecular flexibility index (Phi) is 12.3. The molecule has 0 fully saturated rings. The van der Waals surface area contributed by atoms with Crippen molar-refractivity contribution in [1.29, 1.82) is 0 Å². The maximum Gasteiger partial charge on any atom is -0.147 e. The third-order valence-electron chi connectivity index (χ3n) is 7.67. The maximum absolute atomic E-state index is 3.18. The summed E-state index contributed by atoms with van der Waals surface area (Å²) in [5.74, 6) is 0. The van der Waals surface area contributed by atoms with Crippen molar-refractivity contribution in [1.82, 2.24) is 0 Å². The molecule has 2 rings (SSSR count). The molecular formula is C26H52Cl2Si3Zr. The zero-order valence-corrected chi connectivity index (χ0v) is 30.3. The second-order valence-electron chi connectivity index (χ2n) is 13.1. The van der Waals surface area contributed by atoms with E-state index in [1.54, 1.807) is 11.1 Å². The predicted octanol–water partition coefficient (Wildman–Crippen LogP) is 9.47. The normalized spacial score (nSPS) is 17.8. The van der Waals surface area contributed by atoms with Crippen LogP contribution < -0.4 is 0 Å². The minimum atomic E-state index is -3.18. The first-order valence-corrected chi connectivity index (χ1v) is 32.8. The number of hydrogen-bond acceptors (Lipinski definition) is 0. The number of allylic oxidation sites excluding steroid dienone is 8. The number of hydrogen-bond donors (Lipinski definition) is 0. The van der Waals surface area contributed by atoms with Gasteiger partial charge < -0.3 is 0 Å². The molecule has 0 unspecified atom stereocenters. The minimum Gasteiger partial charge on any atom is -0.147 e. The van der Waals surface area contributed by atoms with Crippen LogP contribution in [0.2, 0.25) is 48.5 Å². The summed E-state index contributed by atoms with van der Waals surface area (Å²) in [7, 11) is -2.49. The first-order chi connectivity index (χ1) is 13.6. The minimum absolute atomic E-state index is 0. The molecule has 2 aliphatic rings. The standard InChI is InChI=1S/2C12H21Si.2CH3.2ClH.H2Si.Zr/c2*1-5-6-7-11-8-9-12(10-11)13(2,3)4;;;;;;/h2*10H,5-7,9H2,1-4H3;2*1H3;2*1H;1H2;. The van der Waals surface area contributed by atoms with Gasteiger partial charge in [-0.05, 0) is 0 Å². The summed E-state index contributed by atoms with van der Waals surface area (Å²) in [6.07, 6.45) is 16.0. The average Bonchev–Trinajstić information content (AvgIpc) is 3.22. The van der Waals surface area contributed by atoms with Crippen LogP contribution in [0, 0.1) is 0 Å². The molecule has 0 saturated carbocycles. The van der Waals surface area contributed by atoms with Gasteiger partial charge in [0.05, 0.1) is 0 Å². The summed E-state index contributed by atoms with van der Waals surface area (Å²) in [4.78, 5) is 0. The van der Waals surface area contributed by atoms with E-state index in [2.05, 4.69) is 81.4 Å². The maximum atomic E-state index is 2.80. The molecule has 0 bridgehead atoms. The first kappa shape index (κ1) is 33.1. The van der Waals surface area contributed by atoms with Crippen molar-refractivity contribution >= 4 is 47.8 Å². The van der Waals surface area contributed by atoms with E-state index in [0.29, 0.717) is 0 Å². The van der Waals surface area contributed by atoms with Crippen molar-refractivity contribution in [2.24, 2.45) is 0 Å². The van der Waals surface area contributed by atoms with Crippen molar-refractivity contribution in [3.63, 3.8) is 0 Å². The molecule has 2 aliphatic carbocycles. The molecule has 0 saturated heterocycles. The van der Waals surface area contributed by atoms with Crippen LogP contribution in [0.25, 0.3) is 0 Å². The summed E-state index contributed by atoms with van der Waals surface area (Å²) in [5, 5.41) is 3.65. The summed E-state index contributed by atoms with van der Waals surface area (Å²) in [6, 6.07) is 0. The molecule has 0 aromatic rings. The van der Waals surface area contributed by atoms with E-state index >= 15 is 0 Å². The van der Waals surface area contributed by atoms with Gasteiger partial charge in [0.15, 0.2) is 0 Å². The third kappa shape index (κ3) is 7.53. The largest absolute Gasteiger partial charge is 0.147 e. The Balaban J connectivity index is 0.00000480. The molecule has 0 nitrogen and oxygen atoms in total. The molecule has 186 valence electrons. The van der Waals surface area contributed by atoms with Crippen molar-refractivity contribution in [3.05, 3.63) is 40.3 Å². The predicted molar refractivity (Wildman–Crippen MR) is 160 cm³/mol. The van der Waals surface area contributed by atoms with Crippen LogP contribution in [0.3, 0.4) is 0 Å². The second kappa shape index (κ2) is 11.9.